The number of hydrogen-bond acceptors (Lipinski definition) is 2. The van der Waals surface area contributed by atoms with E-state index in [4.69, 9.17) is 11.6 Å². The SMILES string of the molecule is COS(=O)C=C=C(C)Cl. The van der Waals surface area contributed by atoms with Crippen LogP contribution in [0.1, 0.15) is 6.92 Å². The smallest absolute Gasteiger partial charge is 0.189 e. The van der Waals surface area contributed by atoms with Gasteiger partial charge in [0.25, 0.3) is 0 Å². The number of hydrogen-bond donors (Lipinski definition) is 0. The van der Waals surface area contributed by atoms with E-state index in [1.54, 1.807) is 6.92 Å². The zero-order valence-corrected chi connectivity index (χ0v) is 6.75. The third-order valence-corrected chi connectivity index (χ3v) is 1.27. The molecule has 0 saturated carbocycles. The van der Waals surface area contributed by atoms with Crippen LogP contribution in [0.4, 0.5) is 0 Å². The van der Waals surface area contributed by atoms with Crippen molar-refractivity contribution in [3.63, 3.8) is 0 Å². The Labute approximate surface area is 61.8 Å². The molecule has 0 radical (unpaired) electrons. The highest BCUT2D eigenvalue weighted by molar-refractivity contribution is 7.83. The fourth-order valence-corrected chi connectivity index (χ4v) is 0.666. The van der Waals surface area contributed by atoms with E-state index >= 15 is 0 Å². The zero-order chi connectivity index (χ0) is 7.28. The lowest BCUT2D eigenvalue weighted by atomic mass is 10.7. The molecule has 0 aliphatic heterocycles. The second-order valence-electron chi connectivity index (χ2n) is 1.22. The van der Waals surface area contributed by atoms with Crippen LogP contribution in [-0.4, -0.2) is 11.3 Å². The summed E-state index contributed by atoms with van der Waals surface area (Å²) in [5.74, 6) is 0. The van der Waals surface area contributed by atoms with Gasteiger partial charge in [-0.05, 0) is 6.92 Å². The highest BCUT2D eigenvalue weighted by atomic mass is 35.5. The molecule has 0 aromatic rings. The maximum Gasteiger partial charge on any atom is 0.189 e. The average molecular weight is 167 g/mol. The molecular weight excluding hydrogens is 160 g/mol. The molecule has 9 heavy (non-hydrogen) atoms. The molecule has 52 valence electrons. The Morgan fingerprint density at radius 2 is 2.44 bits per heavy atom. The summed E-state index contributed by atoms with van der Waals surface area (Å²) in [6.07, 6.45) is 0. The lowest BCUT2D eigenvalue weighted by Crippen LogP contribution is -1.82. The Morgan fingerprint density at radius 3 is 2.78 bits per heavy atom. The number of halogens is 1. The predicted octanol–water partition coefficient (Wildman–Crippen LogP) is 1.55. The van der Waals surface area contributed by atoms with E-state index in [-0.39, 0.29) is 0 Å². The van der Waals surface area contributed by atoms with Crippen molar-refractivity contribution in [2.45, 2.75) is 6.92 Å². The van der Waals surface area contributed by atoms with E-state index in [9.17, 15) is 4.21 Å². The van der Waals surface area contributed by atoms with Crippen LogP contribution in [0.2, 0.25) is 0 Å². The van der Waals surface area contributed by atoms with Gasteiger partial charge in [0, 0.05) is 0 Å². The van der Waals surface area contributed by atoms with Crippen LogP contribution in [0.25, 0.3) is 0 Å². The maximum absolute atomic E-state index is 10.4. The first kappa shape index (κ1) is 8.92. The van der Waals surface area contributed by atoms with Gasteiger partial charge in [0.15, 0.2) is 11.1 Å². The maximum atomic E-state index is 10.4. The van der Waals surface area contributed by atoms with Gasteiger partial charge in [-0.3, -0.25) is 4.18 Å². The molecule has 1 atom stereocenters. The molecule has 0 spiro atoms. The van der Waals surface area contributed by atoms with Crippen LogP contribution in [0, 0.1) is 0 Å². The van der Waals surface area contributed by atoms with Crippen molar-refractivity contribution >= 4 is 22.7 Å². The summed E-state index contributed by atoms with van der Waals surface area (Å²) < 4.78 is 14.8. The molecule has 1 unspecified atom stereocenters. The van der Waals surface area contributed by atoms with Crippen molar-refractivity contribution < 1.29 is 8.39 Å². The van der Waals surface area contributed by atoms with Crippen LogP contribution in [0.15, 0.2) is 16.2 Å². The monoisotopic (exact) mass is 166 g/mol. The van der Waals surface area contributed by atoms with Crippen LogP contribution < -0.4 is 0 Å². The average Bonchev–Trinajstić information content (AvgIpc) is 1.83. The Bertz CT molecular complexity index is 166. The van der Waals surface area contributed by atoms with E-state index in [0.717, 1.165) is 0 Å². The van der Waals surface area contributed by atoms with Crippen molar-refractivity contribution in [1.82, 2.24) is 0 Å². The summed E-state index contributed by atoms with van der Waals surface area (Å²) >= 11 is 3.97. The lowest BCUT2D eigenvalue weighted by molar-refractivity contribution is 0.452. The molecule has 0 saturated heterocycles. The first-order valence-corrected chi connectivity index (χ1v) is 3.72. The third kappa shape index (κ3) is 5.80. The van der Waals surface area contributed by atoms with Crippen LogP contribution in [0.3, 0.4) is 0 Å². The molecule has 0 aromatic carbocycles. The Morgan fingerprint density at radius 1 is 1.89 bits per heavy atom. The third-order valence-electron chi connectivity index (χ3n) is 0.518. The van der Waals surface area contributed by atoms with Gasteiger partial charge in [0.1, 0.15) is 0 Å². The van der Waals surface area contributed by atoms with E-state index in [2.05, 4.69) is 9.91 Å². The van der Waals surface area contributed by atoms with Gasteiger partial charge in [0.2, 0.25) is 0 Å². The molecule has 0 amide bonds. The fourth-order valence-electron chi connectivity index (χ4n) is 0.177. The van der Waals surface area contributed by atoms with E-state index in [1.807, 2.05) is 0 Å². The van der Waals surface area contributed by atoms with Gasteiger partial charge in [0.05, 0.1) is 17.6 Å². The second-order valence-corrected chi connectivity index (χ2v) is 2.88. The minimum Gasteiger partial charge on any atom is -0.290 e. The minimum absolute atomic E-state index is 0.459. The van der Waals surface area contributed by atoms with Gasteiger partial charge in [-0.25, -0.2) is 4.21 Å². The quantitative estimate of drug-likeness (QED) is 0.582. The largest absolute Gasteiger partial charge is 0.290 e. The molecule has 0 aliphatic rings. The summed E-state index contributed by atoms with van der Waals surface area (Å²) in [5, 5.41) is 1.71. The topological polar surface area (TPSA) is 26.3 Å². The summed E-state index contributed by atoms with van der Waals surface area (Å²) in [6, 6.07) is 0. The zero-order valence-electron chi connectivity index (χ0n) is 5.18. The van der Waals surface area contributed by atoms with Crippen LogP contribution >= 0.6 is 11.6 Å². The summed E-state index contributed by atoms with van der Waals surface area (Å²) in [4.78, 5) is 0. The van der Waals surface area contributed by atoms with Crippen LogP contribution in [0.5, 0.6) is 0 Å². The van der Waals surface area contributed by atoms with E-state index in [1.165, 1.54) is 12.5 Å². The van der Waals surface area contributed by atoms with Crippen molar-refractivity contribution in [3.8, 4) is 0 Å². The Balaban J connectivity index is 4.00. The van der Waals surface area contributed by atoms with Gasteiger partial charge >= 0.3 is 0 Å². The molecule has 0 aliphatic carbocycles. The molecular formula is C5H7ClO2S. The van der Waals surface area contributed by atoms with E-state index < -0.39 is 11.1 Å². The van der Waals surface area contributed by atoms with Crippen LogP contribution in [-0.2, 0) is 15.3 Å². The number of allylic oxidation sites excluding steroid dienone is 1. The molecule has 0 aromatic heterocycles. The van der Waals surface area contributed by atoms with Gasteiger partial charge in [-0.1, -0.05) is 17.3 Å². The molecule has 0 heterocycles. The van der Waals surface area contributed by atoms with Crippen molar-refractivity contribution in [3.05, 3.63) is 16.2 Å². The first-order valence-electron chi connectivity index (χ1n) is 2.20. The van der Waals surface area contributed by atoms with Gasteiger partial charge < -0.3 is 0 Å². The van der Waals surface area contributed by atoms with E-state index in [0.29, 0.717) is 5.03 Å². The highest BCUT2D eigenvalue weighted by Gasteiger charge is 1.83. The minimum atomic E-state index is -1.39. The predicted molar refractivity (Wildman–Crippen MR) is 38.3 cm³/mol. The Kier molecular flexibility index (Phi) is 4.72. The molecule has 4 heteroatoms. The number of rotatable bonds is 2. The molecule has 0 N–H and O–H groups in total. The fraction of sp³-hybridized carbons (Fsp3) is 0.400. The van der Waals surface area contributed by atoms with Gasteiger partial charge in [-0.15, -0.1) is 0 Å². The van der Waals surface area contributed by atoms with Crippen molar-refractivity contribution in [2.75, 3.05) is 7.11 Å². The first-order chi connectivity index (χ1) is 4.16. The van der Waals surface area contributed by atoms with Crippen molar-refractivity contribution in [2.24, 2.45) is 0 Å². The second kappa shape index (κ2) is 4.77. The molecule has 2 nitrogen and oxygen atoms in total. The van der Waals surface area contributed by atoms with Gasteiger partial charge in [-0.2, -0.15) is 0 Å². The summed E-state index contributed by atoms with van der Waals surface area (Å²) in [6.45, 7) is 1.64. The standard InChI is InChI=1S/C5H7ClO2S/c1-5(6)3-4-9(7)8-2/h4H,1-2H3. The molecule has 0 bridgehead atoms. The highest BCUT2D eigenvalue weighted by Crippen LogP contribution is 1.94. The molecule has 0 fully saturated rings. The summed E-state index contributed by atoms with van der Waals surface area (Å²) in [5.41, 5.74) is 2.53. The lowest BCUT2D eigenvalue weighted by Gasteiger charge is -1.82. The Hall–Kier alpha value is -0.0800. The van der Waals surface area contributed by atoms with Crippen molar-refractivity contribution in [1.29, 1.82) is 0 Å². The summed E-state index contributed by atoms with van der Waals surface area (Å²) in [7, 11) is 1.35. The molecule has 0 rings (SSSR count). The normalized spacial score (nSPS) is 11.9.